The van der Waals surface area contributed by atoms with E-state index in [1.165, 1.54) is 91.0 Å². The Kier molecular flexibility index (Phi) is 17.2. The van der Waals surface area contributed by atoms with E-state index in [-0.39, 0.29) is 49.8 Å². The van der Waals surface area contributed by atoms with Crippen LogP contribution in [0.15, 0.2) is 91.0 Å². The van der Waals surface area contributed by atoms with Crippen LogP contribution in [0.1, 0.15) is 16.7 Å². The van der Waals surface area contributed by atoms with E-state index >= 15 is 0 Å². The predicted octanol–water partition coefficient (Wildman–Crippen LogP) is 5.08. The predicted molar refractivity (Wildman–Crippen MR) is 149 cm³/mol. The molecule has 0 saturated carbocycles. The van der Waals surface area contributed by atoms with E-state index < -0.39 is 32.7 Å². The SMILES string of the molecule is O=C(O)C=Cc1ccc([N+](=O)[O-])cc1.O=C(O)C=Cc1ccc([N+](=O)[O-])cc1.O=C(O)C=Cc1ccc([N+](=O)[O-])cc1.[Y]. The third-order valence-corrected chi connectivity index (χ3v) is 4.57. The molecule has 0 bridgehead atoms. The van der Waals surface area contributed by atoms with Crippen molar-refractivity contribution in [1.82, 2.24) is 0 Å². The van der Waals surface area contributed by atoms with Crippen LogP contribution in [0.4, 0.5) is 17.1 Å². The first-order valence-corrected chi connectivity index (χ1v) is 11.2. The number of rotatable bonds is 9. The number of carboxylic acid groups (broad SMARTS) is 3. The minimum absolute atomic E-state index is 0. The first kappa shape index (κ1) is 37.6. The summed E-state index contributed by atoms with van der Waals surface area (Å²) in [5, 5.41) is 55.8. The van der Waals surface area contributed by atoms with Gasteiger partial charge < -0.3 is 15.3 Å². The molecule has 15 nitrogen and oxygen atoms in total. The van der Waals surface area contributed by atoms with E-state index in [1.54, 1.807) is 0 Å². The van der Waals surface area contributed by atoms with E-state index in [9.17, 15) is 44.7 Å². The summed E-state index contributed by atoms with van der Waals surface area (Å²) in [5.41, 5.74) is 1.78. The van der Waals surface area contributed by atoms with Gasteiger partial charge in [-0.15, -0.1) is 0 Å². The summed E-state index contributed by atoms with van der Waals surface area (Å²) in [5.74, 6) is -3.16. The Hall–Kier alpha value is -5.41. The number of carbonyl (C=O) groups is 3. The van der Waals surface area contributed by atoms with Crippen LogP contribution in [0, 0.1) is 30.3 Å². The van der Waals surface area contributed by atoms with Crippen molar-refractivity contribution in [2.75, 3.05) is 0 Å². The molecule has 0 amide bonds. The molecule has 0 saturated heterocycles. The van der Waals surface area contributed by atoms with E-state index in [1.807, 2.05) is 0 Å². The molecule has 3 N–H and O–H groups in total. The van der Waals surface area contributed by atoms with Crippen LogP contribution in [-0.4, -0.2) is 48.0 Å². The van der Waals surface area contributed by atoms with Crippen LogP contribution in [0.5, 0.6) is 0 Å². The third-order valence-electron chi connectivity index (χ3n) is 4.57. The van der Waals surface area contributed by atoms with E-state index in [0.717, 1.165) is 18.2 Å². The number of hydrogen-bond donors (Lipinski definition) is 3. The molecule has 0 aliphatic carbocycles. The summed E-state index contributed by atoms with van der Waals surface area (Å²) in [6.45, 7) is 0. The quantitative estimate of drug-likeness (QED) is 0.154. The zero-order valence-corrected chi connectivity index (χ0v) is 24.7. The zero-order valence-electron chi connectivity index (χ0n) is 21.8. The van der Waals surface area contributed by atoms with Gasteiger partial charge in [-0.25, -0.2) is 14.4 Å². The molecule has 0 aliphatic heterocycles. The Balaban J connectivity index is 0.000000608. The Morgan fingerprint density at radius 1 is 0.465 bits per heavy atom. The second-order valence-corrected chi connectivity index (χ2v) is 7.56. The molecule has 0 spiro atoms. The van der Waals surface area contributed by atoms with Crippen LogP contribution in [-0.2, 0) is 47.1 Å². The molecule has 16 heteroatoms. The van der Waals surface area contributed by atoms with E-state index in [4.69, 9.17) is 15.3 Å². The van der Waals surface area contributed by atoms with Gasteiger partial charge in [0.2, 0.25) is 0 Å². The molecule has 0 unspecified atom stereocenters. The average molecular weight is 668 g/mol. The monoisotopic (exact) mass is 668 g/mol. The molecule has 219 valence electrons. The van der Waals surface area contributed by atoms with Crippen molar-refractivity contribution in [2.24, 2.45) is 0 Å². The minimum atomic E-state index is -1.05. The van der Waals surface area contributed by atoms with Crippen molar-refractivity contribution in [3.63, 3.8) is 0 Å². The van der Waals surface area contributed by atoms with Gasteiger partial charge in [-0.05, 0) is 71.3 Å². The number of benzene rings is 3. The van der Waals surface area contributed by atoms with Crippen LogP contribution < -0.4 is 0 Å². The first-order chi connectivity index (χ1) is 19.8. The molecule has 3 rings (SSSR count). The average Bonchev–Trinajstić information content (AvgIpc) is 2.95. The van der Waals surface area contributed by atoms with Crippen molar-refractivity contribution < 1.29 is 77.2 Å². The molecule has 3 aromatic rings. The number of carboxylic acids is 3. The molecular formula is C27H21N3O12Y. The summed E-state index contributed by atoms with van der Waals surface area (Å²) < 4.78 is 0. The minimum Gasteiger partial charge on any atom is -0.478 e. The Morgan fingerprint density at radius 2 is 0.651 bits per heavy atom. The van der Waals surface area contributed by atoms with Crippen LogP contribution in [0.2, 0.25) is 0 Å². The molecular weight excluding hydrogens is 647 g/mol. The van der Waals surface area contributed by atoms with Crippen LogP contribution in [0.25, 0.3) is 18.2 Å². The molecule has 0 heterocycles. The van der Waals surface area contributed by atoms with Crippen LogP contribution >= 0.6 is 0 Å². The summed E-state index contributed by atoms with van der Waals surface area (Å²) in [7, 11) is 0. The van der Waals surface area contributed by atoms with Gasteiger partial charge in [0.15, 0.2) is 0 Å². The summed E-state index contributed by atoms with van der Waals surface area (Å²) in [6, 6.07) is 16.8. The molecule has 43 heavy (non-hydrogen) atoms. The summed E-state index contributed by atoms with van der Waals surface area (Å²) in [4.78, 5) is 59.7. The van der Waals surface area contributed by atoms with Crippen molar-refractivity contribution in [3.8, 4) is 0 Å². The van der Waals surface area contributed by atoms with Gasteiger partial charge in [0.05, 0.1) is 14.8 Å². The Bertz CT molecular complexity index is 1330. The van der Waals surface area contributed by atoms with E-state index in [0.29, 0.717) is 16.7 Å². The molecule has 0 atom stereocenters. The topological polar surface area (TPSA) is 241 Å². The largest absolute Gasteiger partial charge is 0.478 e. The maximum atomic E-state index is 10.3. The fourth-order valence-corrected chi connectivity index (χ4v) is 2.62. The summed E-state index contributed by atoms with van der Waals surface area (Å²) in [6.07, 6.45) is 7.02. The van der Waals surface area contributed by atoms with Gasteiger partial charge in [-0.1, -0.05) is 0 Å². The maximum absolute atomic E-state index is 10.3. The number of nitro groups is 3. The standard InChI is InChI=1S/3C9H7NO4.Y/c3*11-9(12)6-3-7-1-4-8(5-2-7)10(13)14;/h3*1-6H,(H,11,12);. The number of aliphatic carboxylic acids is 3. The number of non-ortho nitro benzene ring substituents is 3. The number of nitro benzene ring substituents is 3. The van der Waals surface area contributed by atoms with Gasteiger partial charge in [0.25, 0.3) is 17.1 Å². The van der Waals surface area contributed by atoms with E-state index in [2.05, 4.69) is 0 Å². The normalized spacial score (nSPS) is 10.0. The zero-order chi connectivity index (χ0) is 31.7. The van der Waals surface area contributed by atoms with Gasteiger partial charge >= 0.3 is 17.9 Å². The Morgan fingerprint density at radius 3 is 0.791 bits per heavy atom. The van der Waals surface area contributed by atoms with Crippen molar-refractivity contribution >= 4 is 53.2 Å². The fraction of sp³-hybridized carbons (Fsp3) is 0. The molecule has 0 fully saturated rings. The molecule has 3 aromatic carbocycles. The maximum Gasteiger partial charge on any atom is 0.328 e. The molecule has 0 aliphatic rings. The van der Waals surface area contributed by atoms with Crippen LogP contribution in [0.3, 0.4) is 0 Å². The first-order valence-electron chi connectivity index (χ1n) is 11.2. The van der Waals surface area contributed by atoms with Gasteiger partial charge in [-0.2, -0.15) is 0 Å². The van der Waals surface area contributed by atoms with Crippen molar-refractivity contribution in [1.29, 1.82) is 0 Å². The number of hydrogen-bond acceptors (Lipinski definition) is 9. The molecule has 1 radical (unpaired) electrons. The van der Waals surface area contributed by atoms with Crippen molar-refractivity contribution in [2.45, 2.75) is 0 Å². The smallest absolute Gasteiger partial charge is 0.328 e. The number of nitrogens with zero attached hydrogens (tertiary/aromatic N) is 3. The van der Waals surface area contributed by atoms with Crippen molar-refractivity contribution in [3.05, 3.63) is 138 Å². The van der Waals surface area contributed by atoms with Gasteiger partial charge in [0, 0.05) is 87.3 Å². The molecule has 0 aromatic heterocycles. The third kappa shape index (κ3) is 16.5. The second kappa shape index (κ2) is 19.6. The van der Waals surface area contributed by atoms with Gasteiger partial charge in [-0.3, -0.25) is 30.3 Å². The summed E-state index contributed by atoms with van der Waals surface area (Å²) >= 11 is 0. The Labute approximate surface area is 267 Å². The second-order valence-electron chi connectivity index (χ2n) is 7.56. The fourth-order valence-electron chi connectivity index (χ4n) is 2.62. The van der Waals surface area contributed by atoms with Gasteiger partial charge in [0.1, 0.15) is 0 Å².